The SMILES string of the molecule is C=C(C)C(=O)NCc1cn([C@@H]2O[C@H](CO)[C@H](O)[C@H](O)[C@H]2O)nn1. The molecule has 0 bridgehead atoms. The highest BCUT2D eigenvalue weighted by Gasteiger charge is 2.44. The lowest BCUT2D eigenvalue weighted by molar-refractivity contribution is -0.254. The van der Waals surface area contributed by atoms with Crippen LogP contribution in [0.25, 0.3) is 0 Å². The zero-order chi connectivity index (χ0) is 17.1. The first-order chi connectivity index (χ1) is 10.8. The fourth-order valence-corrected chi connectivity index (χ4v) is 2.14. The van der Waals surface area contributed by atoms with Gasteiger partial charge in [-0.15, -0.1) is 5.10 Å². The number of hydrogen-bond acceptors (Lipinski definition) is 8. The van der Waals surface area contributed by atoms with Gasteiger partial charge in [0.1, 0.15) is 30.1 Å². The number of carbonyl (C=O) groups is 1. The van der Waals surface area contributed by atoms with E-state index in [1.807, 2.05) is 0 Å². The number of ether oxygens (including phenoxy) is 1. The van der Waals surface area contributed by atoms with E-state index < -0.39 is 37.3 Å². The number of nitrogens with zero attached hydrogens (tertiary/aromatic N) is 3. The Kier molecular flexibility index (Phi) is 5.44. The summed E-state index contributed by atoms with van der Waals surface area (Å²) in [6.45, 7) is 4.65. The maximum Gasteiger partial charge on any atom is 0.246 e. The molecule has 5 N–H and O–H groups in total. The van der Waals surface area contributed by atoms with Gasteiger partial charge in [0.15, 0.2) is 6.23 Å². The molecule has 1 aromatic heterocycles. The number of carbonyl (C=O) groups excluding carboxylic acids is 1. The molecule has 5 atom stereocenters. The number of nitrogens with one attached hydrogen (secondary N) is 1. The third-order valence-electron chi connectivity index (χ3n) is 3.50. The quantitative estimate of drug-likeness (QED) is 0.371. The number of rotatable bonds is 5. The molecule has 0 radical (unpaired) electrons. The molecule has 10 heteroatoms. The standard InChI is InChI=1S/C13H20N4O6/c1-6(2)12(22)14-3-7-4-17(16-15-7)13-11(21)10(20)9(19)8(5-18)23-13/h4,8-11,13,18-21H,1,3,5H2,2H3,(H,14,22)/t8-,9+,10+,11-,13-/m1/s1. The van der Waals surface area contributed by atoms with Crippen LogP contribution in [0.5, 0.6) is 0 Å². The zero-order valence-electron chi connectivity index (χ0n) is 12.5. The Morgan fingerprint density at radius 3 is 2.70 bits per heavy atom. The average Bonchev–Trinajstić information content (AvgIpc) is 2.99. The summed E-state index contributed by atoms with van der Waals surface area (Å²) in [6.07, 6.45) is -5.12. The van der Waals surface area contributed by atoms with Gasteiger partial charge >= 0.3 is 0 Å². The molecule has 0 unspecified atom stereocenters. The van der Waals surface area contributed by atoms with E-state index in [1.165, 1.54) is 6.20 Å². The summed E-state index contributed by atoms with van der Waals surface area (Å²) in [5.74, 6) is -0.326. The number of aliphatic hydroxyl groups is 4. The summed E-state index contributed by atoms with van der Waals surface area (Å²) in [5, 5.41) is 48.8. The molecule has 0 aromatic carbocycles. The first kappa shape index (κ1) is 17.5. The van der Waals surface area contributed by atoms with Crippen LogP contribution in [0.1, 0.15) is 18.8 Å². The van der Waals surface area contributed by atoms with Crippen LogP contribution in [0.2, 0.25) is 0 Å². The second kappa shape index (κ2) is 7.15. The molecule has 1 aliphatic rings. The van der Waals surface area contributed by atoms with Crippen LogP contribution in [0.15, 0.2) is 18.3 Å². The minimum Gasteiger partial charge on any atom is -0.394 e. The molecule has 2 heterocycles. The Labute approximate surface area is 132 Å². The summed E-state index contributed by atoms with van der Waals surface area (Å²) in [6, 6.07) is 0. The summed E-state index contributed by atoms with van der Waals surface area (Å²) in [5.41, 5.74) is 0.753. The predicted octanol–water partition coefficient (Wildman–Crippen LogP) is -2.56. The monoisotopic (exact) mass is 328 g/mol. The normalized spacial score (nSPS) is 30.9. The lowest BCUT2D eigenvalue weighted by Gasteiger charge is -2.39. The molecule has 0 spiro atoms. The highest BCUT2D eigenvalue weighted by Crippen LogP contribution is 2.27. The highest BCUT2D eigenvalue weighted by molar-refractivity contribution is 5.91. The molecule has 1 aliphatic heterocycles. The molecule has 23 heavy (non-hydrogen) atoms. The first-order valence-electron chi connectivity index (χ1n) is 7.00. The summed E-state index contributed by atoms with van der Waals surface area (Å²) >= 11 is 0. The van der Waals surface area contributed by atoms with Gasteiger partial charge in [0.2, 0.25) is 5.91 Å². The Hall–Kier alpha value is -1.85. The van der Waals surface area contributed by atoms with E-state index in [2.05, 4.69) is 22.2 Å². The van der Waals surface area contributed by atoms with Crippen LogP contribution in [0.3, 0.4) is 0 Å². The fraction of sp³-hybridized carbons (Fsp3) is 0.615. The van der Waals surface area contributed by atoms with Crippen LogP contribution in [-0.4, -0.2) is 72.3 Å². The van der Waals surface area contributed by atoms with E-state index in [0.717, 1.165) is 4.68 Å². The number of hydrogen-bond donors (Lipinski definition) is 5. The Morgan fingerprint density at radius 2 is 2.09 bits per heavy atom. The Morgan fingerprint density at radius 1 is 1.39 bits per heavy atom. The summed E-state index contributed by atoms with van der Waals surface area (Å²) in [4.78, 5) is 11.4. The Bertz CT molecular complexity index is 575. The maximum atomic E-state index is 11.4. The maximum absolute atomic E-state index is 11.4. The Balaban J connectivity index is 2.07. The summed E-state index contributed by atoms with van der Waals surface area (Å²) in [7, 11) is 0. The van der Waals surface area contributed by atoms with Gasteiger partial charge in [-0.3, -0.25) is 4.79 Å². The molecule has 2 rings (SSSR count). The van der Waals surface area contributed by atoms with Gasteiger partial charge in [0, 0.05) is 5.57 Å². The number of aliphatic hydroxyl groups excluding tert-OH is 4. The number of aromatic nitrogens is 3. The topological polar surface area (TPSA) is 150 Å². The molecule has 1 saturated heterocycles. The van der Waals surface area contributed by atoms with Crippen molar-refractivity contribution in [3.8, 4) is 0 Å². The van der Waals surface area contributed by atoms with Crippen molar-refractivity contribution in [3.05, 3.63) is 24.0 Å². The van der Waals surface area contributed by atoms with Crippen LogP contribution >= 0.6 is 0 Å². The van der Waals surface area contributed by atoms with E-state index in [1.54, 1.807) is 6.92 Å². The third-order valence-corrected chi connectivity index (χ3v) is 3.50. The molecular formula is C13H20N4O6. The largest absolute Gasteiger partial charge is 0.394 e. The molecule has 1 aromatic rings. The average molecular weight is 328 g/mol. The van der Waals surface area contributed by atoms with Gasteiger partial charge in [0.25, 0.3) is 0 Å². The molecule has 0 saturated carbocycles. The van der Waals surface area contributed by atoms with Gasteiger partial charge in [-0.2, -0.15) is 0 Å². The predicted molar refractivity (Wildman–Crippen MR) is 75.7 cm³/mol. The number of amides is 1. The lowest BCUT2D eigenvalue weighted by Crippen LogP contribution is -2.56. The molecule has 10 nitrogen and oxygen atoms in total. The van der Waals surface area contributed by atoms with Crippen LogP contribution in [0, 0.1) is 0 Å². The van der Waals surface area contributed by atoms with Gasteiger partial charge in [-0.25, -0.2) is 4.68 Å². The van der Waals surface area contributed by atoms with E-state index in [-0.39, 0.29) is 12.5 Å². The molecule has 1 amide bonds. The smallest absolute Gasteiger partial charge is 0.246 e. The molecule has 0 aliphatic carbocycles. The lowest BCUT2D eigenvalue weighted by atomic mass is 9.98. The van der Waals surface area contributed by atoms with Crippen molar-refractivity contribution in [1.29, 1.82) is 0 Å². The van der Waals surface area contributed by atoms with E-state index in [4.69, 9.17) is 9.84 Å². The van der Waals surface area contributed by atoms with Crippen molar-refractivity contribution in [2.75, 3.05) is 6.61 Å². The van der Waals surface area contributed by atoms with Crippen LogP contribution in [0.4, 0.5) is 0 Å². The van der Waals surface area contributed by atoms with Gasteiger partial charge in [-0.1, -0.05) is 11.8 Å². The van der Waals surface area contributed by atoms with E-state index in [9.17, 15) is 20.1 Å². The minimum absolute atomic E-state index is 0.100. The minimum atomic E-state index is -1.50. The summed E-state index contributed by atoms with van der Waals surface area (Å²) < 4.78 is 6.50. The highest BCUT2D eigenvalue weighted by atomic mass is 16.6. The van der Waals surface area contributed by atoms with Crippen LogP contribution in [-0.2, 0) is 16.1 Å². The third kappa shape index (κ3) is 3.74. The second-order valence-corrected chi connectivity index (χ2v) is 5.37. The van der Waals surface area contributed by atoms with Crippen molar-refractivity contribution >= 4 is 5.91 Å². The van der Waals surface area contributed by atoms with E-state index in [0.29, 0.717) is 11.3 Å². The van der Waals surface area contributed by atoms with Crippen molar-refractivity contribution in [2.24, 2.45) is 0 Å². The molecule has 128 valence electrons. The fourth-order valence-electron chi connectivity index (χ4n) is 2.14. The van der Waals surface area contributed by atoms with Crippen molar-refractivity contribution in [3.63, 3.8) is 0 Å². The molecule has 1 fully saturated rings. The van der Waals surface area contributed by atoms with Crippen molar-refractivity contribution < 1.29 is 30.0 Å². The first-order valence-corrected chi connectivity index (χ1v) is 7.00. The van der Waals surface area contributed by atoms with Crippen molar-refractivity contribution in [1.82, 2.24) is 20.3 Å². The van der Waals surface area contributed by atoms with Gasteiger partial charge < -0.3 is 30.5 Å². The van der Waals surface area contributed by atoms with Crippen molar-refractivity contribution in [2.45, 2.75) is 44.1 Å². The van der Waals surface area contributed by atoms with E-state index >= 15 is 0 Å². The second-order valence-electron chi connectivity index (χ2n) is 5.37. The van der Waals surface area contributed by atoms with Gasteiger partial charge in [0.05, 0.1) is 19.3 Å². The zero-order valence-corrected chi connectivity index (χ0v) is 12.5. The molecular weight excluding hydrogens is 308 g/mol. The van der Waals surface area contributed by atoms with Crippen LogP contribution < -0.4 is 5.32 Å². The van der Waals surface area contributed by atoms with Gasteiger partial charge in [-0.05, 0) is 6.92 Å².